The first-order chi connectivity index (χ1) is 27.8. The number of benzene rings is 2. The molecule has 57 heavy (non-hydrogen) atoms. The zero-order valence-electron chi connectivity index (χ0n) is 33.8. The second-order valence-electron chi connectivity index (χ2n) is 14.6. The van der Waals surface area contributed by atoms with Crippen molar-refractivity contribution < 1.29 is 36.7 Å². The Balaban J connectivity index is 1.20. The molecule has 2 aromatic carbocycles. The van der Waals surface area contributed by atoms with Crippen LogP contribution >= 0.6 is 19.6 Å². The predicted octanol–water partition coefficient (Wildman–Crippen LogP) is 10.8. The van der Waals surface area contributed by atoms with Crippen LogP contribution in [0.25, 0.3) is 0 Å². The van der Waals surface area contributed by atoms with E-state index in [0.717, 1.165) is 67.2 Å². The van der Waals surface area contributed by atoms with E-state index in [9.17, 15) is 13.8 Å². The number of nitrogens with zero attached hydrogens (tertiary/aromatic N) is 2. The fourth-order valence-electron chi connectivity index (χ4n) is 6.41. The maximum atomic E-state index is 14.1. The van der Waals surface area contributed by atoms with Crippen molar-refractivity contribution in [2.24, 2.45) is 0 Å². The third-order valence-corrected chi connectivity index (χ3v) is 12.3. The molecular formula is C43H65FN3O8PS. The summed E-state index contributed by atoms with van der Waals surface area (Å²) in [4.78, 5) is 15.9. The number of phosphoric acid groups is 1. The molecule has 1 aromatic heterocycles. The van der Waals surface area contributed by atoms with Crippen LogP contribution in [0.4, 0.5) is 10.2 Å². The van der Waals surface area contributed by atoms with Crippen molar-refractivity contribution >= 4 is 25.4 Å². The molecule has 0 spiro atoms. The van der Waals surface area contributed by atoms with Gasteiger partial charge < -0.3 is 19.9 Å². The summed E-state index contributed by atoms with van der Waals surface area (Å²) < 4.78 is 65.0. The summed E-state index contributed by atoms with van der Waals surface area (Å²) in [6.45, 7) is 4.27. The predicted molar refractivity (Wildman–Crippen MR) is 225 cm³/mol. The molecular weight excluding hydrogens is 769 g/mol. The zero-order valence-corrected chi connectivity index (χ0v) is 35.5. The van der Waals surface area contributed by atoms with E-state index < -0.39 is 36.8 Å². The van der Waals surface area contributed by atoms with Crippen molar-refractivity contribution in [3.8, 4) is 0 Å². The molecule has 14 heteroatoms. The van der Waals surface area contributed by atoms with E-state index in [1.165, 1.54) is 82.4 Å². The number of phosphoric ester groups is 1. The Morgan fingerprint density at radius 2 is 1.40 bits per heavy atom. The summed E-state index contributed by atoms with van der Waals surface area (Å²) in [5, 5.41) is 0. The fraction of sp³-hybridized carbons (Fsp3) is 0.628. The van der Waals surface area contributed by atoms with Gasteiger partial charge in [0, 0.05) is 19.0 Å². The largest absolute Gasteiger partial charge is 0.475 e. The van der Waals surface area contributed by atoms with E-state index in [0.29, 0.717) is 12.4 Å². The fourth-order valence-corrected chi connectivity index (χ4v) is 8.70. The summed E-state index contributed by atoms with van der Waals surface area (Å²) in [5.41, 5.74) is 5.91. The van der Waals surface area contributed by atoms with Gasteiger partial charge in [-0.2, -0.15) is 4.98 Å². The van der Waals surface area contributed by atoms with Gasteiger partial charge in [0.25, 0.3) is 0 Å². The number of nitrogen functional groups attached to an aromatic ring is 1. The van der Waals surface area contributed by atoms with Crippen LogP contribution in [0.15, 0.2) is 71.7 Å². The first kappa shape index (κ1) is 47.1. The van der Waals surface area contributed by atoms with Gasteiger partial charge in [-0.05, 0) is 30.4 Å². The molecule has 0 radical (unpaired) electrons. The molecule has 0 amide bonds. The smallest absolute Gasteiger partial charge is 0.381 e. The van der Waals surface area contributed by atoms with Crippen molar-refractivity contribution in [3.63, 3.8) is 0 Å². The van der Waals surface area contributed by atoms with Gasteiger partial charge in [0.05, 0.1) is 38.7 Å². The molecule has 0 saturated carbocycles. The van der Waals surface area contributed by atoms with E-state index in [4.69, 9.17) is 33.5 Å². The Labute approximate surface area is 343 Å². The Kier molecular flexibility index (Phi) is 23.1. The van der Waals surface area contributed by atoms with Gasteiger partial charge in [-0.15, -0.1) is 11.8 Å². The summed E-state index contributed by atoms with van der Waals surface area (Å²) in [7, 11) is -4.12. The quantitative estimate of drug-likeness (QED) is 0.0476. The van der Waals surface area contributed by atoms with Gasteiger partial charge >= 0.3 is 13.5 Å². The monoisotopic (exact) mass is 833 g/mol. The van der Waals surface area contributed by atoms with Gasteiger partial charge in [0.1, 0.15) is 11.7 Å². The topological polar surface area (TPSA) is 133 Å². The Morgan fingerprint density at radius 3 is 2.04 bits per heavy atom. The van der Waals surface area contributed by atoms with Gasteiger partial charge in [0.15, 0.2) is 11.6 Å². The van der Waals surface area contributed by atoms with E-state index in [1.54, 1.807) is 0 Å². The van der Waals surface area contributed by atoms with Crippen LogP contribution in [0.5, 0.6) is 0 Å². The zero-order chi connectivity index (χ0) is 40.4. The highest BCUT2D eigenvalue weighted by Crippen LogP contribution is 2.51. The highest BCUT2D eigenvalue weighted by Gasteiger charge is 2.34. The normalized spacial score (nSPS) is 17.2. The maximum absolute atomic E-state index is 14.1. The van der Waals surface area contributed by atoms with E-state index in [2.05, 4.69) is 11.9 Å². The molecule has 1 fully saturated rings. The number of ether oxygens (including phenoxy) is 3. The number of anilines is 1. The number of unbranched alkanes of at least 4 members (excludes halogenated alkanes) is 13. The minimum atomic E-state index is -4.12. The van der Waals surface area contributed by atoms with Crippen molar-refractivity contribution in [3.05, 3.63) is 94.3 Å². The van der Waals surface area contributed by atoms with Gasteiger partial charge in [-0.3, -0.25) is 18.1 Å². The summed E-state index contributed by atoms with van der Waals surface area (Å²) in [5.74, 6) is -0.975. The molecule has 318 valence electrons. The molecule has 4 atom stereocenters. The SMILES string of the molecule is CCCCCCCCCOCCCCCCCCCC[C@H](COP(=O)(OCc1ccccc1)OC[C@H]1O[C@@H](n2cc(F)c(N)nc2=O)CS1)OCc1ccccc1. The Morgan fingerprint density at radius 1 is 0.825 bits per heavy atom. The van der Waals surface area contributed by atoms with Crippen molar-refractivity contribution in [1.29, 1.82) is 0 Å². The molecule has 1 aliphatic rings. The third kappa shape index (κ3) is 19.3. The molecule has 1 unspecified atom stereocenters. The number of thioether (sulfide) groups is 1. The third-order valence-electron chi connectivity index (χ3n) is 9.78. The van der Waals surface area contributed by atoms with Crippen LogP contribution in [0.3, 0.4) is 0 Å². The van der Waals surface area contributed by atoms with E-state index in [-0.39, 0.29) is 25.9 Å². The molecule has 3 aromatic rings. The number of aromatic nitrogens is 2. The summed E-state index contributed by atoms with van der Waals surface area (Å²) in [6, 6.07) is 19.3. The summed E-state index contributed by atoms with van der Waals surface area (Å²) >= 11 is 1.33. The van der Waals surface area contributed by atoms with Crippen molar-refractivity contribution in [2.45, 2.75) is 141 Å². The first-order valence-electron chi connectivity index (χ1n) is 21.0. The highest BCUT2D eigenvalue weighted by molar-refractivity contribution is 8.00. The number of halogens is 1. The molecule has 4 rings (SSSR count). The maximum Gasteiger partial charge on any atom is 0.475 e. The van der Waals surface area contributed by atoms with E-state index in [1.807, 2.05) is 60.7 Å². The lowest BCUT2D eigenvalue weighted by atomic mass is 10.1. The van der Waals surface area contributed by atoms with Crippen LogP contribution in [0.2, 0.25) is 0 Å². The lowest BCUT2D eigenvalue weighted by molar-refractivity contribution is -0.0255. The number of nitrogens with two attached hydrogens (primary N) is 1. The van der Waals surface area contributed by atoms with Gasteiger partial charge in [0.2, 0.25) is 0 Å². The molecule has 1 aliphatic heterocycles. The average Bonchev–Trinajstić information content (AvgIpc) is 3.70. The standard InChI is InChI=1S/C43H65FN3O8PS/c1-2-3-4-5-9-12-21-28-50-29-22-13-10-7-6-8-11-20-27-38(51-31-36-23-16-14-17-24-36)33-53-56(49,52-32-37-25-18-15-19-26-37)54-34-41-55-40(35-57-41)47-30-39(44)42(45)46-43(47)48/h14-19,23-26,30,38,40-41H,2-13,20-22,27-29,31-35H2,1H3,(H2,45,46,48)/t38-,40-,41+,56?/m1/s1. The van der Waals surface area contributed by atoms with Gasteiger partial charge in [-0.25, -0.2) is 13.8 Å². The Hall–Kier alpha value is -2.61. The highest BCUT2D eigenvalue weighted by atomic mass is 32.2. The van der Waals surface area contributed by atoms with Crippen LogP contribution in [-0.2, 0) is 45.6 Å². The van der Waals surface area contributed by atoms with Crippen LogP contribution < -0.4 is 11.4 Å². The second kappa shape index (κ2) is 28.0. The van der Waals surface area contributed by atoms with Gasteiger partial charge in [-0.1, -0.05) is 151 Å². The minimum Gasteiger partial charge on any atom is -0.381 e. The molecule has 11 nitrogen and oxygen atoms in total. The molecule has 1 saturated heterocycles. The minimum absolute atomic E-state index is 0.00694. The van der Waals surface area contributed by atoms with Crippen molar-refractivity contribution in [1.82, 2.24) is 9.55 Å². The number of hydrogen-bond acceptors (Lipinski definition) is 11. The number of hydrogen-bond donors (Lipinski definition) is 1. The van der Waals surface area contributed by atoms with Crippen LogP contribution in [0.1, 0.15) is 127 Å². The molecule has 2 N–H and O–H groups in total. The first-order valence-corrected chi connectivity index (χ1v) is 23.5. The lowest BCUT2D eigenvalue weighted by Gasteiger charge is -2.23. The molecule has 0 aliphatic carbocycles. The van der Waals surface area contributed by atoms with Crippen LogP contribution in [-0.4, -0.2) is 53.3 Å². The lowest BCUT2D eigenvalue weighted by Crippen LogP contribution is -2.30. The Bertz CT molecular complexity index is 1610. The molecule has 0 bridgehead atoms. The second-order valence-corrected chi connectivity index (χ2v) is 17.4. The molecule has 2 heterocycles. The van der Waals surface area contributed by atoms with Crippen LogP contribution in [0, 0.1) is 5.82 Å². The average molecular weight is 834 g/mol. The van der Waals surface area contributed by atoms with Crippen molar-refractivity contribution in [2.75, 3.05) is 37.9 Å². The van der Waals surface area contributed by atoms with E-state index >= 15 is 0 Å². The summed E-state index contributed by atoms with van der Waals surface area (Å²) in [6.07, 6.45) is 18.9. The number of rotatable bonds is 32.